The first kappa shape index (κ1) is 11.5. The summed E-state index contributed by atoms with van der Waals surface area (Å²) in [6.07, 6.45) is 0. The van der Waals surface area contributed by atoms with Crippen molar-refractivity contribution in [3.05, 3.63) is 42.1 Å². The lowest BCUT2D eigenvalue weighted by atomic mass is 10.1. The third kappa shape index (κ3) is 1.58. The van der Waals surface area contributed by atoms with Gasteiger partial charge in [0.1, 0.15) is 0 Å². The van der Waals surface area contributed by atoms with Crippen LogP contribution in [0, 0.1) is 5.41 Å². The van der Waals surface area contributed by atoms with E-state index in [9.17, 15) is 0 Å². The van der Waals surface area contributed by atoms with Crippen molar-refractivity contribution in [3.8, 4) is 11.3 Å². The van der Waals surface area contributed by atoms with Gasteiger partial charge in [0.2, 0.25) is 0 Å². The molecule has 1 aliphatic carbocycles. The van der Waals surface area contributed by atoms with Gasteiger partial charge in [-0.25, -0.2) is 0 Å². The number of benzene rings is 1. The largest absolute Gasteiger partial charge is 0.327 e. The Balaban J connectivity index is 1.98. The topological polar surface area (TPSA) is 43.8 Å². The summed E-state index contributed by atoms with van der Waals surface area (Å²) in [5.41, 5.74) is 9.78. The van der Waals surface area contributed by atoms with Crippen LogP contribution in [-0.2, 0) is 7.05 Å². The molecule has 0 bridgehead atoms. The first-order valence-corrected chi connectivity index (χ1v) is 6.37. The van der Waals surface area contributed by atoms with E-state index in [-0.39, 0.29) is 11.5 Å². The smallest absolute Gasteiger partial charge is 0.0926 e. The monoisotopic (exact) mass is 241 g/mol. The summed E-state index contributed by atoms with van der Waals surface area (Å²) in [5, 5.41) is 4.60. The third-order valence-electron chi connectivity index (χ3n) is 4.21. The van der Waals surface area contributed by atoms with Crippen molar-refractivity contribution >= 4 is 0 Å². The van der Waals surface area contributed by atoms with Crippen molar-refractivity contribution in [2.24, 2.45) is 18.2 Å². The Morgan fingerprint density at radius 1 is 1.22 bits per heavy atom. The van der Waals surface area contributed by atoms with Crippen LogP contribution in [0.1, 0.15) is 25.5 Å². The number of hydrogen-bond acceptors (Lipinski definition) is 2. The minimum Gasteiger partial charge on any atom is -0.327 e. The molecule has 1 fully saturated rings. The zero-order valence-corrected chi connectivity index (χ0v) is 11.1. The molecule has 0 radical (unpaired) electrons. The number of aromatic nitrogens is 2. The highest BCUT2D eigenvalue weighted by Crippen LogP contribution is 2.57. The summed E-state index contributed by atoms with van der Waals surface area (Å²) in [4.78, 5) is 0. The van der Waals surface area contributed by atoms with Crippen LogP contribution in [0.5, 0.6) is 0 Å². The van der Waals surface area contributed by atoms with Gasteiger partial charge < -0.3 is 5.73 Å². The fraction of sp³-hybridized carbons (Fsp3) is 0.400. The lowest BCUT2D eigenvalue weighted by Crippen LogP contribution is -2.07. The van der Waals surface area contributed by atoms with E-state index in [1.165, 1.54) is 5.69 Å². The normalized spacial score (nSPS) is 25.1. The molecule has 18 heavy (non-hydrogen) atoms. The fourth-order valence-electron chi connectivity index (χ4n) is 2.77. The van der Waals surface area contributed by atoms with Gasteiger partial charge in [0.15, 0.2) is 0 Å². The quantitative estimate of drug-likeness (QED) is 0.878. The molecule has 0 unspecified atom stereocenters. The molecular weight excluding hydrogens is 222 g/mol. The molecule has 1 aliphatic rings. The highest BCUT2D eigenvalue weighted by atomic mass is 15.3. The second-order valence-electron chi connectivity index (χ2n) is 5.77. The standard InChI is InChI=1S/C15H19N3/c1-15(2)13(14(15)16)12-9-11(17-18(12)3)10-7-5-4-6-8-10/h4-9,13-14H,16H2,1-3H3/t13-,14-/m0/s1. The molecule has 2 aromatic rings. The van der Waals surface area contributed by atoms with E-state index in [4.69, 9.17) is 5.73 Å². The Labute approximate surface area is 108 Å². The van der Waals surface area contributed by atoms with Gasteiger partial charge in [-0.2, -0.15) is 5.10 Å². The van der Waals surface area contributed by atoms with Gasteiger partial charge in [-0.1, -0.05) is 44.2 Å². The summed E-state index contributed by atoms with van der Waals surface area (Å²) >= 11 is 0. The molecule has 2 N–H and O–H groups in total. The maximum absolute atomic E-state index is 6.15. The summed E-state index contributed by atoms with van der Waals surface area (Å²) in [7, 11) is 2.00. The maximum atomic E-state index is 6.15. The summed E-state index contributed by atoms with van der Waals surface area (Å²) in [6.45, 7) is 4.44. The van der Waals surface area contributed by atoms with E-state index in [1.54, 1.807) is 0 Å². The van der Waals surface area contributed by atoms with E-state index in [2.05, 4.69) is 37.1 Å². The maximum Gasteiger partial charge on any atom is 0.0926 e. The molecule has 0 spiro atoms. The van der Waals surface area contributed by atoms with Gasteiger partial charge in [0, 0.05) is 30.3 Å². The molecule has 3 heteroatoms. The number of nitrogens with two attached hydrogens (primary N) is 1. The lowest BCUT2D eigenvalue weighted by Gasteiger charge is -2.01. The highest BCUT2D eigenvalue weighted by Gasteiger charge is 2.57. The van der Waals surface area contributed by atoms with Crippen molar-refractivity contribution in [2.75, 3.05) is 0 Å². The van der Waals surface area contributed by atoms with Gasteiger partial charge >= 0.3 is 0 Å². The second-order valence-corrected chi connectivity index (χ2v) is 5.77. The minimum atomic E-state index is 0.196. The molecular formula is C15H19N3. The molecule has 0 saturated heterocycles. The SMILES string of the molecule is Cn1nc(-c2ccccc2)cc1[C@H]1[C@H](N)C1(C)C. The van der Waals surface area contributed by atoms with E-state index < -0.39 is 0 Å². The van der Waals surface area contributed by atoms with Crippen molar-refractivity contribution in [3.63, 3.8) is 0 Å². The minimum absolute atomic E-state index is 0.196. The Bertz CT molecular complexity index is 569. The first-order valence-electron chi connectivity index (χ1n) is 6.37. The van der Waals surface area contributed by atoms with E-state index in [0.717, 1.165) is 11.3 Å². The number of hydrogen-bond donors (Lipinski definition) is 1. The summed E-state index contributed by atoms with van der Waals surface area (Å²) in [5.74, 6) is 0.424. The van der Waals surface area contributed by atoms with Crippen molar-refractivity contribution in [1.82, 2.24) is 9.78 Å². The predicted molar refractivity (Wildman–Crippen MR) is 73.1 cm³/mol. The fourth-order valence-corrected chi connectivity index (χ4v) is 2.77. The van der Waals surface area contributed by atoms with Gasteiger partial charge in [-0.3, -0.25) is 4.68 Å². The Hall–Kier alpha value is -1.61. The molecule has 1 aromatic heterocycles. The molecule has 3 nitrogen and oxygen atoms in total. The second kappa shape index (κ2) is 3.69. The zero-order valence-electron chi connectivity index (χ0n) is 11.1. The van der Waals surface area contributed by atoms with Gasteiger partial charge in [-0.05, 0) is 11.5 Å². The average molecular weight is 241 g/mol. The molecule has 3 rings (SSSR count). The number of aryl methyl sites for hydroxylation is 1. The lowest BCUT2D eigenvalue weighted by molar-refractivity contribution is 0.581. The first-order chi connectivity index (χ1) is 8.51. The van der Waals surface area contributed by atoms with Crippen LogP contribution in [0.15, 0.2) is 36.4 Å². The van der Waals surface area contributed by atoms with Crippen LogP contribution in [-0.4, -0.2) is 15.8 Å². The molecule has 1 aromatic carbocycles. The van der Waals surface area contributed by atoms with Crippen LogP contribution in [0.2, 0.25) is 0 Å². The van der Waals surface area contributed by atoms with E-state index in [0.29, 0.717) is 5.92 Å². The van der Waals surface area contributed by atoms with Crippen LogP contribution < -0.4 is 5.73 Å². The van der Waals surface area contributed by atoms with E-state index in [1.807, 2.05) is 29.9 Å². The number of nitrogens with zero attached hydrogens (tertiary/aromatic N) is 2. The van der Waals surface area contributed by atoms with Gasteiger partial charge in [-0.15, -0.1) is 0 Å². The summed E-state index contributed by atoms with van der Waals surface area (Å²) < 4.78 is 1.97. The zero-order chi connectivity index (χ0) is 12.9. The van der Waals surface area contributed by atoms with Crippen LogP contribution in [0.25, 0.3) is 11.3 Å². The molecule has 2 atom stereocenters. The molecule has 1 heterocycles. The molecule has 0 aliphatic heterocycles. The highest BCUT2D eigenvalue weighted by molar-refractivity contribution is 5.59. The molecule has 94 valence electrons. The molecule has 0 amide bonds. The molecule has 1 saturated carbocycles. The van der Waals surface area contributed by atoms with Crippen LogP contribution in [0.3, 0.4) is 0 Å². The van der Waals surface area contributed by atoms with Gasteiger partial charge in [0.25, 0.3) is 0 Å². The number of rotatable bonds is 2. The van der Waals surface area contributed by atoms with Crippen molar-refractivity contribution < 1.29 is 0 Å². The predicted octanol–water partition coefficient (Wildman–Crippen LogP) is 2.54. The van der Waals surface area contributed by atoms with Gasteiger partial charge in [0.05, 0.1) is 5.69 Å². The van der Waals surface area contributed by atoms with Crippen LogP contribution >= 0.6 is 0 Å². The van der Waals surface area contributed by atoms with E-state index >= 15 is 0 Å². The van der Waals surface area contributed by atoms with Crippen molar-refractivity contribution in [1.29, 1.82) is 0 Å². The average Bonchev–Trinajstić information content (AvgIpc) is 2.70. The van der Waals surface area contributed by atoms with Crippen LogP contribution in [0.4, 0.5) is 0 Å². The summed E-state index contributed by atoms with van der Waals surface area (Å²) in [6, 6.07) is 12.7. The Morgan fingerprint density at radius 2 is 1.83 bits per heavy atom. The third-order valence-corrected chi connectivity index (χ3v) is 4.21. The van der Waals surface area contributed by atoms with Crippen molar-refractivity contribution in [2.45, 2.75) is 25.8 Å². The Kier molecular flexibility index (Phi) is 2.35. The Morgan fingerprint density at radius 3 is 2.39 bits per heavy atom.